The van der Waals surface area contributed by atoms with E-state index in [2.05, 4.69) is 10.4 Å². The van der Waals surface area contributed by atoms with Crippen molar-refractivity contribution in [2.45, 2.75) is 0 Å². The van der Waals surface area contributed by atoms with Crippen molar-refractivity contribution in [1.82, 2.24) is 10.4 Å². The molecule has 3 aromatic carbocycles. The molecule has 148 valence electrons. The summed E-state index contributed by atoms with van der Waals surface area (Å²) in [6.07, 6.45) is 1.56. The van der Waals surface area contributed by atoms with Gasteiger partial charge in [-0.25, -0.2) is 9.38 Å². The number of carbonyl (C=O) groups excluding carboxylic acids is 2. The minimum absolute atomic E-state index is 0.102. The number of rotatable bonds is 3. The molecule has 1 N–H and O–H groups in total. The van der Waals surface area contributed by atoms with Crippen LogP contribution in [0.4, 0.5) is 4.39 Å². The Hall–Kier alpha value is -3.77. The molecule has 0 aromatic heterocycles. The van der Waals surface area contributed by atoms with Crippen LogP contribution in [-0.4, -0.2) is 22.7 Å². The van der Waals surface area contributed by atoms with E-state index < -0.39 is 17.6 Å². The minimum Gasteiger partial charge on any atom is -0.267 e. The predicted octanol–water partition coefficient (Wildman–Crippen LogP) is 4.45. The summed E-state index contributed by atoms with van der Waals surface area (Å²) in [6, 6.07) is 21.1. The summed E-state index contributed by atoms with van der Waals surface area (Å²) in [5, 5.41) is 1.54. The van der Waals surface area contributed by atoms with Crippen molar-refractivity contribution in [1.29, 1.82) is 0 Å². The molecular formula is C23H15ClFN3O2. The smallest absolute Gasteiger partial charge is 0.267 e. The number of halogens is 2. The molecule has 3 aromatic rings. The van der Waals surface area contributed by atoms with Crippen LogP contribution in [-0.2, 0) is 4.79 Å². The quantitative estimate of drug-likeness (QED) is 0.637. The molecule has 2 amide bonds. The standard InChI is InChI=1S/C23H15ClFN3O2/c24-19-9-5-4-8-17(19)14-20-22(29)27-28(21(26-20)15-6-2-1-3-7-15)23(30)16-10-12-18(25)13-11-16/h1-14H,(H,27,29)/b20-14+. The summed E-state index contributed by atoms with van der Waals surface area (Å²) in [5.41, 5.74) is 4.13. The van der Waals surface area contributed by atoms with Crippen LogP contribution in [0.25, 0.3) is 6.08 Å². The Morgan fingerprint density at radius 3 is 2.33 bits per heavy atom. The predicted molar refractivity (Wildman–Crippen MR) is 113 cm³/mol. The minimum atomic E-state index is -0.565. The zero-order chi connectivity index (χ0) is 21.1. The van der Waals surface area contributed by atoms with Crippen LogP contribution in [0.5, 0.6) is 0 Å². The van der Waals surface area contributed by atoms with Gasteiger partial charge in [0.2, 0.25) is 0 Å². The lowest BCUT2D eigenvalue weighted by Gasteiger charge is -2.28. The van der Waals surface area contributed by atoms with E-state index >= 15 is 0 Å². The lowest BCUT2D eigenvalue weighted by Crippen LogP contribution is -2.53. The fourth-order valence-electron chi connectivity index (χ4n) is 2.91. The van der Waals surface area contributed by atoms with E-state index in [-0.39, 0.29) is 17.1 Å². The van der Waals surface area contributed by atoms with E-state index in [1.165, 1.54) is 24.3 Å². The molecule has 0 aliphatic carbocycles. The van der Waals surface area contributed by atoms with Crippen molar-refractivity contribution in [2.75, 3.05) is 0 Å². The molecule has 5 nitrogen and oxygen atoms in total. The number of nitrogens with one attached hydrogen (secondary N) is 1. The highest BCUT2D eigenvalue weighted by Crippen LogP contribution is 2.22. The van der Waals surface area contributed by atoms with Gasteiger partial charge < -0.3 is 0 Å². The van der Waals surface area contributed by atoms with Gasteiger partial charge in [0.15, 0.2) is 5.84 Å². The summed E-state index contributed by atoms with van der Waals surface area (Å²) < 4.78 is 13.3. The largest absolute Gasteiger partial charge is 0.288 e. The first-order valence-corrected chi connectivity index (χ1v) is 9.42. The first kappa shape index (κ1) is 19.5. The number of nitrogens with zero attached hydrogens (tertiary/aromatic N) is 2. The Bertz CT molecular complexity index is 1170. The molecule has 1 aliphatic rings. The Labute approximate surface area is 177 Å². The van der Waals surface area contributed by atoms with Gasteiger partial charge in [0, 0.05) is 16.1 Å². The second-order valence-corrected chi connectivity index (χ2v) is 6.85. The number of hydrogen-bond acceptors (Lipinski definition) is 3. The SMILES string of the molecule is O=C1NN(C(=O)c2ccc(F)cc2)C(c2ccccc2)=N/C1=C/c1ccccc1Cl. The normalized spacial score (nSPS) is 15.0. The molecule has 4 rings (SSSR count). The van der Waals surface area contributed by atoms with Crippen LogP contribution in [0, 0.1) is 5.82 Å². The summed E-state index contributed by atoms with van der Waals surface area (Å²) in [6.45, 7) is 0. The average Bonchev–Trinajstić information content (AvgIpc) is 2.77. The molecule has 1 heterocycles. The van der Waals surface area contributed by atoms with Gasteiger partial charge in [-0.3, -0.25) is 15.0 Å². The van der Waals surface area contributed by atoms with Crippen LogP contribution in [0.3, 0.4) is 0 Å². The maximum Gasteiger partial charge on any atom is 0.288 e. The second-order valence-electron chi connectivity index (χ2n) is 6.44. The van der Waals surface area contributed by atoms with E-state index in [4.69, 9.17) is 11.6 Å². The highest BCUT2D eigenvalue weighted by molar-refractivity contribution is 6.32. The maximum absolute atomic E-state index is 13.3. The number of hydrazine groups is 1. The Kier molecular flexibility index (Phi) is 5.41. The summed E-state index contributed by atoms with van der Waals surface area (Å²) >= 11 is 6.20. The summed E-state index contributed by atoms with van der Waals surface area (Å²) in [7, 11) is 0. The molecule has 0 saturated carbocycles. The van der Waals surface area contributed by atoms with Gasteiger partial charge in [-0.05, 0) is 42.0 Å². The Balaban J connectivity index is 1.80. The summed E-state index contributed by atoms with van der Waals surface area (Å²) in [4.78, 5) is 30.2. The third-order valence-corrected chi connectivity index (χ3v) is 4.75. The lowest BCUT2D eigenvalue weighted by atomic mass is 10.1. The monoisotopic (exact) mass is 419 g/mol. The molecule has 1 aliphatic heterocycles. The van der Waals surface area contributed by atoms with Gasteiger partial charge in [-0.1, -0.05) is 60.1 Å². The molecule has 0 bridgehead atoms. The van der Waals surface area contributed by atoms with Crippen molar-refractivity contribution in [2.24, 2.45) is 4.99 Å². The number of hydrogen-bond donors (Lipinski definition) is 1. The summed E-state index contributed by atoms with van der Waals surface area (Å²) in [5.74, 6) is -1.33. The maximum atomic E-state index is 13.3. The molecule has 0 radical (unpaired) electrons. The van der Waals surface area contributed by atoms with E-state index in [0.29, 0.717) is 16.1 Å². The number of amides is 2. The van der Waals surface area contributed by atoms with Gasteiger partial charge >= 0.3 is 0 Å². The van der Waals surface area contributed by atoms with E-state index in [9.17, 15) is 14.0 Å². The van der Waals surface area contributed by atoms with Crippen molar-refractivity contribution < 1.29 is 14.0 Å². The van der Waals surface area contributed by atoms with Crippen LogP contribution in [0.1, 0.15) is 21.5 Å². The fourth-order valence-corrected chi connectivity index (χ4v) is 3.10. The number of benzene rings is 3. The third kappa shape index (κ3) is 3.99. The van der Waals surface area contributed by atoms with Crippen molar-refractivity contribution in [3.8, 4) is 0 Å². The molecule has 0 fully saturated rings. The van der Waals surface area contributed by atoms with Crippen molar-refractivity contribution in [3.05, 3.63) is 112 Å². The molecule has 0 unspecified atom stereocenters. The fraction of sp³-hybridized carbons (Fsp3) is 0. The average molecular weight is 420 g/mol. The van der Waals surface area contributed by atoms with Gasteiger partial charge in [-0.15, -0.1) is 0 Å². The van der Waals surface area contributed by atoms with Gasteiger partial charge in [0.1, 0.15) is 11.5 Å². The molecule has 0 saturated heterocycles. The van der Waals surface area contributed by atoms with E-state index in [1.54, 1.807) is 54.6 Å². The zero-order valence-corrected chi connectivity index (χ0v) is 16.3. The van der Waals surface area contributed by atoms with Gasteiger partial charge in [0.25, 0.3) is 11.8 Å². The van der Waals surface area contributed by atoms with Crippen molar-refractivity contribution in [3.63, 3.8) is 0 Å². The number of carbonyl (C=O) groups is 2. The first-order valence-electron chi connectivity index (χ1n) is 9.04. The van der Waals surface area contributed by atoms with E-state index in [1.807, 2.05) is 6.07 Å². The lowest BCUT2D eigenvalue weighted by molar-refractivity contribution is -0.120. The van der Waals surface area contributed by atoms with Crippen LogP contribution in [0.2, 0.25) is 5.02 Å². The number of amidine groups is 1. The first-order chi connectivity index (χ1) is 14.5. The zero-order valence-electron chi connectivity index (χ0n) is 15.5. The van der Waals surface area contributed by atoms with Gasteiger partial charge in [0.05, 0.1) is 0 Å². The second kappa shape index (κ2) is 8.31. The highest BCUT2D eigenvalue weighted by atomic mass is 35.5. The number of aliphatic imine (C=N–C) groups is 1. The van der Waals surface area contributed by atoms with Crippen molar-refractivity contribution >= 4 is 35.3 Å². The van der Waals surface area contributed by atoms with Gasteiger partial charge in [-0.2, -0.15) is 5.01 Å². The molecule has 7 heteroatoms. The van der Waals surface area contributed by atoms with E-state index in [0.717, 1.165) is 5.01 Å². The molecule has 30 heavy (non-hydrogen) atoms. The molecule has 0 spiro atoms. The Morgan fingerprint density at radius 2 is 1.63 bits per heavy atom. The van der Waals surface area contributed by atoms with Crippen LogP contribution < -0.4 is 5.43 Å². The molecular weight excluding hydrogens is 405 g/mol. The highest BCUT2D eigenvalue weighted by Gasteiger charge is 2.30. The Morgan fingerprint density at radius 1 is 0.967 bits per heavy atom. The third-order valence-electron chi connectivity index (χ3n) is 4.41. The molecule has 0 atom stereocenters. The van der Waals surface area contributed by atoms with Crippen LogP contribution >= 0.6 is 11.6 Å². The topological polar surface area (TPSA) is 61.8 Å². The van der Waals surface area contributed by atoms with Crippen LogP contribution in [0.15, 0.2) is 89.6 Å².